The van der Waals surface area contributed by atoms with E-state index in [0.29, 0.717) is 32.3 Å². The Bertz CT molecular complexity index is 1100. The van der Waals surface area contributed by atoms with E-state index < -0.39 is 0 Å². The Balaban J connectivity index is 2.42. The number of hydrogen-bond acceptors (Lipinski definition) is 9. The van der Waals surface area contributed by atoms with Crippen molar-refractivity contribution in [1.82, 2.24) is 0 Å². The SMILES string of the molecule is [B]Nc1c(OO)ccc2c1c1ccc(OO)c(N[B])c1c1ccc(OO)c(N[B])c21. The molecule has 0 heterocycles. The van der Waals surface area contributed by atoms with E-state index in [1.165, 1.54) is 18.2 Å². The van der Waals surface area contributed by atoms with E-state index in [1.807, 2.05) is 0 Å². The van der Waals surface area contributed by atoms with Gasteiger partial charge in [-0.2, -0.15) is 0 Å². The minimum Gasteiger partial charge on any atom is -0.434 e. The third kappa shape index (κ3) is 2.66. The van der Waals surface area contributed by atoms with E-state index in [2.05, 4.69) is 30.3 Å². The van der Waals surface area contributed by atoms with Crippen molar-refractivity contribution in [2.24, 2.45) is 0 Å². The summed E-state index contributed by atoms with van der Waals surface area (Å²) >= 11 is 0. The number of rotatable bonds is 6. The molecule has 0 aliphatic heterocycles. The molecule has 0 unspecified atom stereocenters. The van der Waals surface area contributed by atoms with Crippen LogP contribution < -0.4 is 30.3 Å². The second-order valence-corrected chi connectivity index (χ2v) is 6.29. The van der Waals surface area contributed by atoms with Crippen molar-refractivity contribution >= 4 is 73.3 Å². The zero-order valence-electron chi connectivity index (χ0n) is 15.3. The predicted molar refractivity (Wildman–Crippen MR) is 117 cm³/mol. The molecule has 0 amide bonds. The van der Waals surface area contributed by atoms with Gasteiger partial charge in [0.25, 0.3) is 0 Å². The second kappa shape index (κ2) is 7.75. The van der Waals surface area contributed by atoms with Gasteiger partial charge in [0.1, 0.15) is 0 Å². The average Bonchev–Trinajstić information content (AvgIpc) is 2.80. The molecule has 6 N–H and O–H groups in total. The maximum absolute atomic E-state index is 9.29. The highest BCUT2D eigenvalue weighted by Gasteiger charge is 2.22. The molecule has 6 radical (unpaired) electrons. The Labute approximate surface area is 173 Å². The lowest BCUT2D eigenvalue weighted by Gasteiger charge is -2.21. The fourth-order valence-electron chi connectivity index (χ4n) is 3.87. The Hall–Kier alpha value is -3.47. The van der Waals surface area contributed by atoms with Crippen molar-refractivity contribution in [3.63, 3.8) is 0 Å². The highest BCUT2D eigenvalue weighted by atomic mass is 17.1. The smallest absolute Gasteiger partial charge is 0.222 e. The van der Waals surface area contributed by atoms with E-state index >= 15 is 0 Å². The van der Waals surface area contributed by atoms with Crippen LogP contribution in [0.25, 0.3) is 32.3 Å². The number of hydrogen-bond donors (Lipinski definition) is 6. The van der Waals surface area contributed by atoms with Crippen LogP contribution in [0.4, 0.5) is 17.1 Å². The van der Waals surface area contributed by atoms with Crippen LogP contribution >= 0.6 is 0 Å². The summed E-state index contributed by atoms with van der Waals surface area (Å²) in [5, 5.41) is 38.9. The number of nitrogens with one attached hydrogen (secondary N) is 3. The highest BCUT2D eigenvalue weighted by Crippen LogP contribution is 2.49. The minimum absolute atomic E-state index is 0.0622. The van der Waals surface area contributed by atoms with Crippen molar-refractivity contribution in [1.29, 1.82) is 0 Å². The van der Waals surface area contributed by atoms with Gasteiger partial charge in [-0.3, -0.25) is 0 Å². The molecule has 0 bridgehead atoms. The van der Waals surface area contributed by atoms with Gasteiger partial charge in [-0.15, -0.1) is 0 Å². The van der Waals surface area contributed by atoms with E-state index in [9.17, 15) is 15.8 Å². The first-order valence-electron chi connectivity index (χ1n) is 8.51. The monoisotopic (exact) mass is 399 g/mol. The van der Waals surface area contributed by atoms with E-state index in [4.69, 9.17) is 23.9 Å². The van der Waals surface area contributed by atoms with Gasteiger partial charge < -0.3 is 30.3 Å². The average molecular weight is 399 g/mol. The third-order valence-electron chi connectivity index (χ3n) is 5.04. The van der Waals surface area contributed by atoms with Gasteiger partial charge in [0.05, 0.1) is 17.1 Å². The van der Waals surface area contributed by atoms with Crippen LogP contribution in [0.15, 0.2) is 36.4 Å². The fourth-order valence-corrected chi connectivity index (χ4v) is 3.87. The van der Waals surface area contributed by atoms with Crippen molar-refractivity contribution < 1.29 is 30.4 Å². The molecule has 0 saturated carbocycles. The molecular weight excluding hydrogens is 387 g/mol. The first kappa shape index (κ1) is 19.8. The third-order valence-corrected chi connectivity index (χ3v) is 5.04. The van der Waals surface area contributed by atoms with Crippen LogP contribution in [-0.2, 0) is 0 Å². The van der Waals surface area contributed by atoms with Gasteiger partial charge >= 0.3 is 0 Å². The lowest BCUT2D eigenvalue weighted by Crippen LogP contribution is -2.02. The molecule has 144 valence electrons. The van der Waals surface area contributed by atoms with Crippen LogP contribution in [0, 0.1) is 0 Å². The minimum atomic E-state index is 0.0622. The quantitative estimate of drug-likeness (QED) is 0.126. The van der Waals surface area contributed by atoms with Gasteiger partial charge in [-0.05, 0) is 52.6 Å². The summed E-state index contributed by atoms with van der Waals surface area (Å²) in [6.45, 7) is 0. The van der Waals surface area contributed by atoms with Gasteiger partial charge in [0, 0.05) is 16.2 Å². The Morgan fingerprint density at radius 2 is 0.767 bits per heavy atom. The zero-order valence-corrected chi connectivity index (χ0v) is 15.3. The van der Waals surface area contributed by atoms with E-state index in [1.54, 1.807) is 18.2 Å². The van der Waals surface area contributed by atoms with Crippen molar-refractivity contribution in [2.45, 2.75) is 0 Å². The lowest BCUT2D eigenvalue weighted by atomic mass is 9.90. The van der Waals surface area contributed by atoms with Crippen molar-refractivity contribution in [3.05, 3.63) is 36.4 Å². The van der Waals surface area contributed by atoms with Crippen LogP contribution in [-0.4, -0.2) is 39.7 Å². The van der Waals surface area contributed by atoms with Gasteiger partial charge in [0.2, 0.25) is 23.9 Å². The summed E-state index contributed by atoms with van der Waals surface area (Å²) < 4.78 is 0. The number of fused-ring (bicyclic) bond motifs is 6. The topological polar surface area (TPSA) is 124 Å². The number of anilines is 3. The Morgan fingerprint density at radius 3 is 0.967 bits per heavy atom. The van der Waals surface area contributed by atoms with E-state index in [0.717, 1.165) is 0 Å². The van der Waals surface area contributed by atoms with Gasteiger partial charge in [-0.1, -0.05) is 0 Å². The van der Waals surface area contributed by atoms with Crippen molar-refractivity contribution in [3.8, 4) is 17.2 Å². The predicted octanol–water partition coefficient (Wildman–Crippen LogP) is 3.19. The van der Waals surface area contributed by atoms with Crippen LogP contribution in [0.2, 0.25) is 0 Å². The summed E-state index contributed by atoms with van der Waals surface area (Å²) in [6, 6.07) is 9.54. The Morgan fingerprint density at radius 1 is 0.500 bits per heavy atom. The molecule has 12 heteroatoms. The first-order chi connectivity index (χ1) is 14.6. The maximum atomic E-state index is 9.29. The number of benzene rings is 4. The fraction of sp³-hybridized carbons (Fsp3) is 0. The molecule has 30 heavy (non-hydrogen) atoms. The molecule has 0 aliphatic rings. The van der Waals surface area contributed by atoms with E-state index in [-0.39, 0.29) is 34.3 Å². The normalized spacial score (nSPS) is 10.9. The standard InChI is InChI=1S/C18H12B3N3O6/c19-22-16-10(28-25)4-1-7-13(16)8-3-6-12(30-27)18(24-21)15(8)9-2-5-11(29-26)17(23-20)14(7)9/h1-6,22-27H. The lowest BCUT2D eigenvalue weighted by molar-refractivity contribution is -0.136. The molecular formula is C18H12B3N3O6. The summed E-state index contributed by atoms with van der Waals surface area (Å²) in [7, 11) is 17.2. The summed E-state index contributed by atoms with van der Waals surface area (Å²) in [6.07, 6.45) is 0. The van der Waals surface area contributed by atoms with Crippen LogP contribution in [0.3, 0.4) is 0 Å². The van der Waals surface area contributed by atoms with Crippen molar-refractivity contribution in [2.75, 3.05) is 15.7 Å². The molecule has 9 nitrogen and oxygen atoms in total. The molecule has 0 fully saturated rings. The molecule has 4 aromatic carbocycles. The van der Waals surface area contributed by atoms with Gasteiger partial charge in [0.15, 0.2) is 17.2 Å². The highest BCUT2D eigenvalue weighted by molar-refractivity contribution is 6.38. The second-order valence-electron chi connectivity index (χ2n) is 6.29. The maximum Gasteiger partial charge on any atom is 0.222 e. The largest absolute Gasteiger partial charge is 0.434 e. The zero-order chi connectivity index (χ0) is 21.4. The summed E-state index contributed by atoms with van der Waals surface area (Å²) in [5.41, 5.74) is 0.794. The summed E-state index contributed by atoms with van der Waals surface area (Å²) in [4.78, 5) is 13.4. The molecule has 0 spiro atoms. The molecule has 0 atom stereocenters. The molecule has 0 aromatic heterocycles. The Kier molecular flexibility index (Phi) is 5.12. The molecule has 0 aliphatic carbocycles. The summed E-state index contributed by atoms with van der Waals surface area (Å²) in [5.74, 6) is 0.187. The first-order valence-corrected chi connectivity index (χ1v) is 8.51. The van der Waals surface area contributed by atoms with Gasteiger partial charge in [-0.25, -0.2) is 15.8 Å². The molecule has 4 aromatic rings. The molecule has 0 saturated heterocycles. The van der Waals surface area contributed by atoms with Crippen LogP contribution in [0.1, 0.15) is 0 Å². The van der Waals surface area contributed by atoms with Crippen LogP contribution in [0.5, 0.6) is 17.2 Å². The molecule has 4 rings (SSSR count).